The first kappa shape index (κ1) is 28.4. The molecule has 3 aliphatic rings. The lowest BCUT2D eigenvalue weighted by atomic mass is 9.66. The fraction of sp³-hybridized carbons (Fsp3) is 0.667. The van der Waals surface area contributed by atoms with E-state index < -0.39 is 22.2 Å². The van der Waals surface area contributed by atoms with Gasteiger partial charge in [-0.3, -0.25) is 4.79 Å². The molecule has 0 unspecified atom stereocenters. The Morgan fingerprint density at radius 2 is 1.64 bits per heavy atom. The molecule has 12 heteroatoms. The summed E-state index contributed by atoms with van der Waals surface area (Å²) in [5.41, 5.74) is -0.210. The number of carbonyl (C=O) groups is 2. The molecule has 0 bridgehead atoms. The molecule has 202 valence electrons. The molecule has 1 aromatic carbocycles. The van der Waals surface area contributed by atoms with Gasteiger partial charge in [-0.2, -0.15) is 17.5 Å². The molecule has 2 atom stereocenters. The van der Waals surface area contributed by atoms with Gasteiger partial charge in [0.15, 0.2) is 0 Å². The van der Waals surface area contributed by atoms with Gasteiger partial charge in [0.25, 0.3) is 0 Å². The van der Waals surface area contributed by atoms with E-state index in [0.29, 0.717) is 23.9 Å². The van der Waals surface area contributed by atoms with Crippen molar-refractivity contribution in [3.8, 4) is 0 Å². The second kappa shape index (κ2) is 10.3. The molecule has 2 aliphatic heterocycles. The third-order valence-corrected chi connectivity index (χ3v) is 9.96. The van der Waals surface area contributed by atoms with Crippen molar-refractivity contribution in [2.45, 2.75) is 43.7 Å². The van der Waals surface area contributed by atoms with E-state index in [1.165, 1.54) is 0 Å². The lowest BCUT2D eigenvalue weighted by Crippen LogP contribution is -2.49. The van der Waals surface area contributed by atoms with E-state index in [9.17, 15) is 26.4 Å². The number of carboxylic acids is 1. The molecule has 1 spiro atoms. The number of aliphatic carboxylic acids is 1. The molecule has 2 saturated heterocycles. The first-order chi connectivity index (χ1) is 16.7. The van der Waals surface area contributed by atoms with E-state index in [4.69, 9.17) is 9.90 Å². The average molecular weight is 534 g/mol. The number of carboxylic acid groups (broad SMARTS) is 1. The predicted molar refractivity (Wildman–Crippen MR) is 127 cm³/mol. The topological polar surface area (TPSA) is 98.2 Å². The zero-order chi connectivity index (χ0) is 26.9. The van der Waals surface area contributed by atoms with E-state index in [1.54, 1.807) is 33.5 Å². The standard InChI is InChI=1S/C22H33N3O3S.C2HF3O2/c1-4-24-16-19-21(10-11-22(19,17-24)20(26)23(2)3)12-14-25(15-13-21)29(27,28)18-8-6-5-7-9-18;3-2(4,5)1(6)7/h5-9,19H,4,10-17H2,1-3H3;(H,6,7)/t19-,22+;/m0./s1. The van der Waals surface area contributed by atoms with Crippen LogP contribution in [0.25, 0.3) is 0 Å². The van der Waals surface area contributed by atoms with Gasteiger partial charge in [0, 0.05) is 40.3 Å². The molecule has 8 nitrogen and oxygen atoms in total. The highest BCUT2D eigenvalue weighted by molar-refractivity contribution is 7.89. The van der Waals surface area contributed by atoms with Gasteiger partial charge < -0.3 is 14.9 Å². The first-order valence-electron chi connectivity index (χ1n) is 12.0. The monoisotopic (exact) mass is 533 g/mol. The highest BCUT2D eigenvalue weighted by atomic mass is 32.2. The van der Waals surface area contributed by atoms with E-state index >= 15 is 0 Å². The Bertz CT molecular complexity index is 1060. The average Bonchev–Trinajstić information content (AvgIpc) is 3.35. The van der Waals surface area contributed by atoms with Gasteiger partial charge in [0.05, 0.1) is 10.3 Å². The largest absolute Gasteiger partial charge is 0.490 e. The van der Waals surface area contributed by atoms with Crippen LogP contribution in [0.3, 0.4) is 0 Å². The number of fused-ring (bicyclic) bond motifs is 2. The summed E-state index contributed by atoms with van der Waals surface area (Å²) in [5.74, 6) is -2.17. The number of hydrogen-bond donors (Lipinski definition) is 1. The van der Waals surface area contributed by atoms with E-state index in [-0.39, 0.29) is 16.7 Å². The molecule has 1 aromatic rings. The summed E-state index contributed by atoms with van der Waals surface area (Å²) in [4.78, 5) is 26.7. The Balaban J connectivity index is 0.000000454. The number of piperidine rings is 1. The summed E-state index contributed by atoms with van der Waals surface area (Å²) in [6, 6.07) is 8.73. The molecular formula is C24H34F3N3O5S. The van der Waals surface area contributed by atoms with Gasteiger partial charge in [-0.1, -0.05) is 25.1 Å². The van der Waals surface area contributed by atoms with Crippen LogP contribution >= 0.6 is 0 Å². The van der Waals surface area contributed by atoms with Crippen LogP contribution in [0.4, 0.5) is 13.2 Å². The number of carbonyl (C=O) groups excluding carboxylic acids is 1. The fourth-order valence-corrected chi connectivity index (χ4v) is 7.67. The highest BCUT2D eigenvalue weighted by Crippen LogP contribution is 2.62. The molecule has 1 aliphatic carbocycles. The number of alkyl halides is 3. The smallest absolute Gasteiger partial charge is 0.475 e. The maximum absolute atomic E-state index is 13.2. The molecule has 0 radical (unpaired) electrons. The van der Waals surface area contributed by atoms with Gasteiger partial charge >= 0.3 is 12.1 Å². The van der Waals surface area contributed by atoms with Crippen molar-refractivity contribution in [3.05, 3.63) is 30.3 Å². The SMILES string of the molecule is CCN1C[C@H]2C3(CCN(S(=O)(=O)c4ccccc4)CC3)CC[C@@]2(C(=O)N(C)C)C1.O=C(O)C(F)(F)F. The minimum absolute atomic E-state index is 0.0816. The third-order valence-electron chi connectivity index (χ3n) is 8.04. The van der Waals surface area contributed by atoms with Crippen LogP contribution in [0, 0.1) is 16.7 Å². The number of halogens is 3. The number of likely N-dealkylation sites (tertiary alicyclic amines) is 1. The Labute approximate surface area is 210 Å². The van der Waals surface area contributed by atoms with Crippen molar-refractivity contribution in [1.82, 2.24) is 14.1 Å². The molecule has 0 aromatic heterocycles. The lowest BCUT2D eigenvalue weighted by Gasteiger charge is -2.44. The number of hydrogen-bond acceptors (Lipinski definition) is 5. The lowest BCUT2D eigenvalue weighted by molar-refractivity contribution is -0.192. The Morgan fingerprint density at radius 1 is 1.08 bits per heavy atom. The second-order valence-corrected chi connectivity index (χ2v) is 12.1. The summed E-state index contributed by atoms with van der Waals surface area (Å²) >= 11 is 0. The summed E-state index contributed by atoms with van der Waals surface area (Å²) in [6.07, 6.45) is -1.42. The number of benzene rings is 1. The highest BCUT2D eigenvalue weighted by Gasteiger charge is 2.64. The molecule has 1 amide bonds. The molecular weight excluding hydrogens is 499 g/mol. The minimum atomic E-state index is -5.08. The van der Waals surface area contributed by atoms with Crippen LogP contribution in [-0.4, -0.2) is 92.5 Å². The number of amides is 1. The van der Waals surface area contributed by atoms with E-state index in [0.717, 1.165) is 45.3 Å². The summed E-state index contributed by atoms with van der Waals surface area (Å²) < 4.78 is 59.5. The van der Waals surface area contributed by atoms with Crippen LogP contribution in [0.15, 0.2) is 35.2 Å². The van der Waals surface area contributed by atoms with Crippen molar-refractivity contribution in [2.75, 3.05) is 46.8 Å². The Morgan fingerprint density at radius 3 is 2.11 bits per heavy atom. The molecule has 2 heterocycles. The zero-order valence-corrected chi connectivity index (χ0v) is 21.6. The van der Waals surface area contributed by atoms with Gasteiger partial charge in [0.1, 0.15) is 0 Å². The number of sulfonamides is 1. The molecule has 1 saturated carbocycles. The number of rotatable bonds is 4. The van der Waals surface area contributed by atoms with Gasteiger partial charge in [-0.15, -0.1) is 0 Å². The Hall–Kier alpha value is -2.18. The Kier molecular flexibility index (Phi) is 8.12. The normalized spacial score (nSPS) is 26.2. The first-order valence-corrected chi connectivity index (χ1v) is 13.4. The second-order valence-electron chi connectivity index (χ2n) is 10.1. The summed E-state index contributed by atoms with van der Waals surface area (Å²) in [6.45, 7) is 6.03. The molecule has 3 fully saturated rings. The fourth-order valence-electron chi connectivity index (χ4n) is 6.21. The van der Waals surface area contributed by atoms with Crippen LogP contribution < -0.4 is 0 Å². The van der Waals surface area contributed by atoms with E-state index in [1.807, 2.05) is 20.2 Å². The zero-order valence-electron chi connectivity index (χ0n) is 20.8. The van der Waals surface area contributed by atoms with Crippen molar-refractivity contribution in [1.29, 1.82) is 0 Å². The van der Waals surface area contributed by atoms with E-state index in [2.05, 4.69) is 11.8 Å². The van der Waals surface area contributed by atoms with Crippen molar-refractivity contribution in [2.24, 2.45) is 16.7 Å². The minimum Gasteiger partial charge on any atom is -0.475 e. The number of nitrogens with zero attached hydrogens (tertiary/aromatic N) is 3. The van der Waals surface area contributed by atoms with Gasteiger partial charge in [-0.25, -0.2) is 13.2 Å². The van der Waals surface area contributed by atoms with Crippen LogP contribution in [-0.2, 0) is 19.6 Å². The summed E-state index contributed by atoms with van der Waals surface area (Å²) in [5, 5.41) is 7.12. The van der Waals surface area contributed by atoms with Gasteiger partial charge in [-0.05, 0) is 55.7 Å². The van der Waals surface area contributed by atoms with Crippen LogP contribution in [0.1, 0.15) is 32.6 Å². The quantitative estimate of drug-likeness (QED) is 0.639. The third kappa shape index (κ3) is 5.26. The molecule has 4 rings (SSSR count). The van der Waals surface area contributed by atoms with Crippen molar-refractivity contribution < 1.29 is 36.3 Å². The van der Waals surface area contributed by atoms with Gasteiger partial charge in [0.2, 0.25) is 15.9 Å². The summed E-state index contributed by atoms with van der Waals surface area (Å²) in [7, 11) is 0.285. The van der Waals surface area contributed by atoms with Crippen LogP contribution in [0.2, 0.25) is 0 Å². The molecule has 36 heavy (non-hydrogen) atoms. The maximum Gasteiger partial charge on any atom is 0.490 e. The van der Waals surface area contributed by atoms with Crippen molar-refractivity contribution >= 4 is 21.9 Å². The predicted octanol–water partition coefficient (Wildman–Crippen LogP) is 2.91. The van der Waals surface area contributed by atoms with Crippen LogP contribution in [0.5, 0.6) is 0 Å². The maximum atomic E-state index is 13.2. The van der Waals surface area contributed by atoms with Crippen molar-refractivity contribution in [3.63, 3.8) is 0 Å². The molecule has 1 N–H and O–H groups in total.